The molecule has 0 saturated carbocycles. The van der Waals surface area contributed by atoms with Crippen molar-refractivity contribution in [3.8, 4) is 17.2 Å². The fraction of sp³-hybridized carbons (Fsp3) is 0.364. The molecule has 2 N–H and O–H groups in total. The SMILES string of the molecule is CCOc1ccc(O[C@@H](C)C(=O)NNC(=O)COc2c(C)cc(C)cc2C)cc1. The molecule has 2 aromatic rings. The summed E-state index contributed by atoms with van der Waals surface area (Å²) in [6, 6.07) is 10.9. The second-order valence-electron chi connectivity index (χ2n) is 6.72. The predicted octanol–water partition coefficient (Wildman–Crippen LogP) is 3.00. The number of nitrogens with one attached hydrogen (secondary N) is 2. The maximum absolute atomic E-state index is 12.1. The number of hydrazine groups is 1. The third-order valence-electron chi connectivity index (χ3n) is 4.09. The first kappa shape index (κ1) is 22.1. The molecule has 0 bridgehead atoms. The molecule has 0 spiro atoms. The Balaban J connectivity index is 1.78. The van der Waals surface area contributed by atoms with Gasteiger partial charge in [-0.05, 0) is 70.0 Å². The van der Waals surface area contributed by atoms with E-state index in [-0.39, 0.29) is 6.61 Å². The quantitative estimate of drug-likeness (QED) is 0.666. The summed E-state index contributed by atoms with van der Waals surface area (Å²) in [5.41, 5.74) is 7.71. The topological polar surface area (TPSA) is 85.9 Å². The summed E-state index contributed by atoms with van der Waals surface area (Å²) >= 11 is 0. The van der Waals surface area contributed by atoms with Gasteiger partial charge in [-0.25, -0.2) is 0 Å². The van der Waals surface area contributed by atoms with Crippen molar-refractivity contribution < 1.29 is 23.8 Å². The van der Waals surface area contributed by atoms with E-state index in [4.69, 9.17) is 14.2 Å². The van der Waals surface area contributed by atoms with E-state index in [0.717, 1.165) is 22.4 Å². The van der Waals surface area contributed by atoms with E-state index < -0.39 is 17.9 Å². The lowest BCUT2D eigenvalue weighted by molar-refractivity contribution is -0.133. The maximum Gasteiger partial charge on any atom is 0.279 e. The number of hydrogen-bond acceptors (Lipinski definition) is 5. The summed E-state index contributed by atoms with van der Waals surface area (Å²) < 4.78 is 16.5. The van der Waals surface area contributed by atoms with Gasteiger partial charge in [0.2, 0.25) is 0 Å². The molecule has 0 fully saturated rings. The lowest BCUT2D eigenvalue weighted by atomic mass is 10.1. The normalized spacial score (nSPS) is 11.3. The van der Waals surface area contributed by atoms with Crippen molar-refractivity contribution in [3.63, 3.8) is 0 Å². The molecule has 2 aromatic carbocycles. The fourth-order valence-electron chi connectivity index (χ4n) is 2.84. The third-order valence-corrected chi connectivity index (χ3v) is 4.09. The van der Waals surface area contributed by atoms with Crippen molar-refractivity contribution >= 4 is 11.8 Å². The van der Waals surface area contributed by atoms with Gasteiger partial charge in [0.1, 0.15) is 17.2 Å². The van der Waals surface area contributed by atoms with Crippen LogP contribution in [0.25, 0.3) is 0 Å². The summed E-state index contributed by atoms with van der Waals surface area (Å²) in [6.45, 7) is 9.71. The second kappa shape index (κ2) is 10.4. The zero-order valence-corrected chi connectivity index (χ0v) is 17.5. The smallest absolute Gasteiger partial charge is 0.279 e. The molecule has 0 heterocycles. The van der Waals surface area contributed by atoms with Crippen LogP contribution in [0, 0.1) is 20.8 Å². The minimum absolute atomic E-state index is 0.209. The number of hydrogen-bond donors (Lipinski definition) is 2. The molecule has 2 amide bonds. The van der Waals surface area contributed by atoms with Crippen molar-refractivity contribution in [1.82, 2.24) is 10.9 Å². The molecule has 0 aliphatic carbocycles. The molecular formula is C22H28N2O5. The Morgan fingerprint density at radius 2 is 1.52 bits per heavy atom. The van der Waals surface area contributed by atoms with Crippen LogP contribution in [0.15, 0.2) is 36.4 Å². The number of benzene rings is 2. The molecule has 0 radical (unpaired) electrons. The van der Waals surface area contributed by atoms with Gasteiger partial charge in [0, 0.05) is 0 Å². The summed E-state index contributed by atoms with van der Waals surface area (Å²) in [4.78, 5) is 24.1. The van der Waals surface area contributed by atoms with Gasteiger partial charge < -0.3 is 14.2 Å². The van der Waals surface area contributed by atoms with Crippen molar-refractivity contribution in [2.24, 2.45) is 0 Å². The molecule has 29 heavy (non-hydrogen) atoms. The Morgan fingerprint density at radius 3 is 2.10 bits per heavy atom. The Hall–Kier alpha value is -3.22. The van der Waals surface area contributed by atoms with Crippen molar-refractivity contribution in [2.45, 2.75) is 40.7 Å². The largest absolute Gasteiger partial charge is 0.494 e. The van der Waals surface area contributed by atoms with Crippen LogP contribution in [0.3, 0.4) is 0 Å². The van der Waals surface area contributed by atoms with Crippen molar-refractivity contribution in [3.05, 3.63) is 53.1 Å². The van der Waals surface area contributed by atoms with Crippen molar-refractivity contribution in [1.29, 1.82) is 0 Å². The number of carbonyl (C=O) groups excluding carboxylic acids is 2. The van der Waals surface area contributed by atoms with Crippen LogP contribution in [0.1, 0.15) is 30.5 Å². The van der Waals surface area contributed by atoms with Crippen LogP contribution in [0.4, 0.5) is 0 Å². The van der Waals surface area contributed by atoms with Crippen LogP contribution in [0.2, 0.25) is 0 Å². The molecule has 7 nitrogen and oxygen atoms in total. The highest BCUT2D eigenvalue weighted by molar-refractivity contribution is 5.85. The van der Waals surface area contributed by atoms with E-state index in [1.54, 1.807) is 31.2 Å². The highest BCUT2D eigenvalue weighted by Gasteiger charge is 2.16. The Kier molecular flexibility index (Phi) is 7.88. The van der Waals surface area contributed by atoms with E-state index in [1.165, 1.54) is 0 Å². The van der Waals surface area contributed by atoms with Crippen LogP contribution >= 0.6 is 0 Å². The molecule has 0 aliphatic heterocycles. The first-order valence-electron chi connectivity index (χ1n) is 9.49. The lowest BCUT2D eigenvalue weighted by Crippen LogP contribution is -2.48. The van der Waals surface area contributed by atoms with Crippen LogP contribution in [-0.4, -0.2) is 31.1 Å². The average molecular weight is 400 g/mol. The van der Waals surface area contributed by atoms with E-state index >= 15 is 0 Å². The molecule has 2 rings (SSSR count). The first-order chi connectivity index (χ1) is 13.8. The van der Waals surface area contributed by atoms with Crippen LogP contribution < -0.4 is 25.1 Å². The van der Waals surface area contributed by atoms with Gasteiger partial charge in [-0.15, -0.1) is 0 Å². The summed E-state index contributed by atoms with van der Waals surface area (Å²) in [5, 5.41) is 0. The maximum atomic E-state index is 12.1. The van der Waals surface area contributed by atoms with Gasteiger partial charge in [-0.1, -0.05) is 17.7 Å². The number of aryl methyl sites for hydroxylation is 3. The van der Waals surface area contributed by atoms with Crippen LogP contribution in [0.5, 0.6) is 17.2 Å². The first-order valence-corrected chi connectivity index (χ1v) is 9.49. The number of rotatable bonds is 8. The van der Waals surface area contributed by atoms with Gasteiger partial charge in [0.05, 0.1) is 6.61 Å². The second-order valence-corrected chi connectivity index (χ2v) is 6.72. The van der Waals surface area contributed by atoms with E-state index in [9.17, 15) is 9.59 Å². The molecule has 7 heteroatoms. The highest BCUT2D eigenvalue weighted by atomic mass is 16.5. The van der Waals surface area contributed by atoms with Gasteiger partial charge in [-0.2, -0.15) is 0 Å². The van der Waals surface area contributed by atoms with Crippen molar-refractivity contribution in [2.75, 3.05) is 13.2 Å². The predicted molar refractivity (Wildman–Crippen MR) is 110 cm³/mol. The van der Waals surface area contributed by atoms with E-state index in [2.05, 4.69) is 10.9 Å². The third kappa shape index (κ3) is 6.71. The Labute approximate surface area is 171 Å². The molecular weight excluding hydrogens is 372 g/mol. The number of amides is 2. The molecule has 0 saturated heterocycles. The Bertz CT molecular complexity index is 826. The fourth-order valence-corrected chi connectivity index (χ4v) is 2.84. The molecule has 156 valence electrons. The summed E-state index contributed by atoms with van der Waals surface area (Å²) in [6.07, 6.45) is -0.796. The molecule has 0 aromatic heterocycles. The summed E-state index contributed by atoms with van der Waals surface area (Å²) in [5.74, 6) is 0.976. The average Bonchev–Trinajstić information content (AvgIpc) is 2.67. The minimum atomic E-state index is -0.796. The standard InChI is InChI=1S/C22H28N2O5/c1-6-27-18-7-9-19(10-8-18)29-17(5)22(26)24-23-20(25)13-28-21-15(3)11-14(2)12-16(21)4/h7-12,17H,6,13H2,1-5H3,(H,23,25)(H,24,26)/t17-/m0/s1. The lowest BCUT2D eigenvalue weighted by Gasteiger charge is -2.16. The van der Waals surface area contributed by atoms with Gasteiger partial charge in [0.25, 0.3) is 11.8 Å². The van der Waals surface area contributed by atoms with Crippen LogP contribution in [-0.2, 0) is 9.59 Å². The highest BCUT2D eigenvalue weighted by Crippen LogP contribution is 2.24. The zero-order valence-electron chi connectivity index (χ0n) is 17.5. The monoisotopic (exact) mass is 400 g/mol. The molecule has 0 aliphatic rings. The van der Waals surface area contributed by atoms with Gasteiger partial charge in [0.15, 0.2) is 12.7 Å². The van der Waals surface area contributed by atoms with E-state index in [1.807, 2.05) is 39.8 Å². The number of ether oxygens (including phenoxy) is 3. The zero-order chi connectivity index (χ0) is 21.4. The molecule has 1 atom stereocenters. The Morgan fingerprint density at radius 1 is 0.931 bits per heavy atom. The van der Waals surface area contributed by atoms with Gasteiger partial charge in [-0.3, -0.25) is 20.4 Å². The number of carbonyl (C=O) groups is 2. The minimum Gasteiger partial charge on any atom is -0.494 e. The molecule has 0 unspecified atom stereocenters. The van der Waals surface area contributed by atoms with Gasteiger partial charge >= 0.3 is 0 Å². The van der Waals surface area contributed by atoms with E-state index in [0.29, 0.717) is 18.1 Å². The summed E-state index contributed by atoms with van der Waals surface area (Å²) in [7, 11) is 0.